The topological polar surface area (TPSA) is 49.9 Å². The van der Waals surface area contributed by atoms with E-state index in [1.165, 1.54) is 4.68 Å². The second kappa shape index (κ2) is 4.31. The molecule has 0 saturated carbocycles. The minimum absolute atomic E-state index is 0. The van der Waals surface area contributed by atoms with E-state index in [0.29, 0.717) is 5.69 Å². The monoisotopic (exact) mass is 183 g/mol. The van der Waals surface area contributed by atoms with Crippen LogP contribution in [-0.2, 0) is 0 Å². The Morgan fingerprint density at radius 2 is 1.93 bits per heavy atom. The number of aromatic nitrogens is 2. The van der Waals surface area contributed by atoms with Crippen molar-refractivity contribution in [1.82, 2.24) is 5.27 Å². The largest absolute Gasteiger partial charge is 0.435 e. The average molecular weight is 183 g/mol. The summed E-state index contributed by atoms with van der Waals surface area (Å²) in [7, 11) is 3.59. The molecule has 14 heavy (non-hydrogen) atoms. The van der Waals surface area contributed by atoms with Crippen LogP contribution in [0, 0.1) is 7.05 Å². The molecule has 0 aliphatic heterocycles. The molecule has 0 amide bonds. The van der Waals surface area contributed by atoms with E-state index in [1.807, 2.05) is 30.3 Å². The van der Waals surface area contributed by atoms with Gasteiger partial charge in [-0.15, -0.1) is 0 Å². The number of hydrogen-bond donors (Lipinski definition) is 1. The van der Waals surface area contributed by atoms with Gasteiger partial charge >= 0.3 is 11.3 Å². The van der Waals surface area contributed by atoms with Gasteiger partial charge in [0.2, 0.25) is 7.05 Å². The maximum absolute atomic E-state index is 11.2. The van der Waals surface area contributed by atoms with E-state index in [4.69, 9.17) is 0 Å². The van der Waals surface area contributed by atoms with Crippen molar-refractivity contribution in [2.75, 3.05) is 0 Å². The van der Waals surface area contributed by atoms with Gasteiger partial charge in [0, 0.05) is 18.9 Å². The van der Waals surface area contributed by atoms with Crippen molar-refractivity contribution >= 4 is 18.9 Å². The van der Waals surface area contributed by atoms with E-state index in [1.54, 1.807) is 0 Å². The van der Waals surface area contributed by atoms with E-state index in [0.717, 1.165) is 5.56 Å². The first-order valence-corrected chi connectivity index (χ1v) is 3.79. The SMILES string of the molecule is [CH2][n+]1[nH]oc(=O)c1-c1ccccc1.[Li]. The summed E-state index contributed by atoms with van der Waals surface area (Å²) in [6.45, 7) is 0. The zero-order valence-corrected chi connectivity index (χ0v) is 7.86. The van der Waals surface area contributed by atoms with Crippen LogP contribution in [0.4, 0.5) is 0 Å². The molecule has 5 heteroatoms. The van der Waals surface area contributed by atoms with Crippen molar-refractivity contribution in [2.45, 2.75) is 0 Å². The Labute approximate surface area is 92.7 Å². The molecule has 0 aliphatic rings. The van der Waals surface area contributed by atoms with Crippen LogP contribution in [0.5, 0.6) is 0 Å². The zero-order valence-electron chi connectivity index (χ0n) is 7.86. The molecule has 1 aromatic heterocycles. The predicted octanol–water partition coefficient (Wildman–Crippen LogP) is 0.181. The molecule has 0 aliphatic carbocycles. The first-order chi connectivity index (χ1) is 6.29. The van der Waals surface area contributed by atoms with Crippen LogP contribution >= 0.6 is 0 Å². The van der Waals surface area contributed by atoms with Gasteiger partial charge in [-0.25, -0.2) is 4.79 Å². The summed E-state index contributed by atoms with van der Waals surface area (Å²) < 4.78 is 5.87. The predicted molar refractivity (Wildman–Crippen MR) is 51.5 cm³/mol. The standard InChI is InChI=1S/C9H8N2O2.Li/c1-11-8(9(12)13-10-11)7-5-3-2-4-6-7;/h2-6,10H,1H2;/q+1;. The van der Waals surface area contributed by atoms with Gasteiger partial charge in [0.25, 0.3) is 0 Å². The molecule has 0 fully saturated rings. The van der Waals surface area contributed by atoms with Crippen molar-refractivity contribution in [3.63, 3.8) is 0 Å². The molecule has 0 saturated heterocycles. The van der Waals surface area contributed by atoms with Crippen molar-refractivity contribution in [3.05, 3.63) is 47.8 Å². The molecule has 0 atom stereocenters. The molecular formula is C9H8LiN2O2+. The first-order valence-electron chi connectivity index (χ1n) is 3.79. The van der Waals surface area contributed by atoms with Crippen molar-refractivity contribution in [1.29, 1.82) is 0 Å². The summed E-state index contributed by atoms with van der Waals surface area (Å²) in [5, 5.41) is 2.35. The third kappa shape index (κ3) is 1.81. The third-order valence-corrected chi connectivity index (χ3v) is 1.76. The summed E-state index contributed by atoms with van der Waals surface area (Å²) >= 11 is 0. The molecule has 2 radical (unpaired) electrons. The minimum atomic E-state index is -0.416. The Kier molecular flexibility index (Phi) is 3.34. The van der Waals surface area contributed by atoms with Crippen LogP contribution in [0.15, 0.2) is 39.6 Å². The minimum Gasteiger partial charge on any atom is -0.283 e. The molecule has 2 rings (SSSR count). The molecule has 0 spiro atoms. The fourth-order valence-corrected chi connectivity index (χ4v) is 1.17. The second-order valence-corrected chi connectivity index (χ2v) is 2.62. The first kappa shape index (κ1) is 10.8. The number of H-pyrrole nitrogens is 1. The third-order valence-electron chi connectivity index (χ3n) is 1.76. The van der Waals surface area contributed by atoms with E-state index in [2.05, 4.69) is 16.8 Å². The Hall–Kier alpha value is -1.24. The van der Waals surface area contributed by atoms with Gasteiger partial charge in [0.15, 0.2) is 0 Å². The van der Waals surface area contributed by atoms with Crippen LogP contribution in [0.2, 0.25) is 0 Å². The quantitative estimate of drug-likeness (QED) is 0.506. The molecular weight excluding hydrogens is 175 g/mol. The second-order valence-electron chi connectivity index (χ2n) is 2.62. The van der Waals surface area contributed by atoms with Crippen LogP contribution in [0.3, 0.4) is 0 Å². The van der Waals surface area contributed by atoms with E-state index < -0.39 is 5.63 Å². The average Bonchev–Trinajstić information content (AvgIpc) is 2.48. The summed E-state index contributed by atoms with van der Waals surface area (Å²) in [5.74, 6) is 0. The number of benzene rings is 1. The van der Waals surface area contributed by atoms with Crippen LogP contribution in [0.25, 0.3) is 11.3 Å². The van der Waals surface area contributed by atoms with Gasteiger partial charge < -0.3 is 0 Å². The van der Waals surface area contributed by atoms with Crippen LogP contribution < -0.4 is 10.3 Å². The molecule has 0 bridgehead atoms. The Balaban J connectivity index is 0.000000980. The Morgan fingerprint density at radius 1 is 1.29 bits per heavy atom. The number of hydrogen-bond acceptors (Lipinski definition) is 2. The van der Waals surface area contributed by atoms with Gasteiger partial charge in [-0.1, -0.05) is 22.9 Å². The van der Waals surface area contributed by atoms with E-state index >= 15 is 0 Å². The summed E-state index contributed by atoms with van der Waals surface area (Å²) in [6.07, 6.45) is 0. The van der Waals surface area contributed by atoms with Crippen LogP contribution in [-0.4, -0.2) is 24.1 Å². The fraction of sp³-hybridized carbons (Fsp3) is 0. The van der Waals surface area contributed by atoms with Gasteiger partial charge in [0.1, 0.15) is 0 Å². The Bertz CT molecular complexity index is 461. The molecule has 1 N–H and O–H groups in total. The molecule has 2 aromatic rings. The van der Waals surface area contributed by atoms with Crippen LogP contribution in [0.1, 0.15) is 0 Å². The number of aromatic amines is 1. The normalized spacial score (nSPS) is 9.50. The van der Waals surface area contributed by atoms with E-state index in [-0.39, 0.29) is 18.9 Å². The summed E-state index contributed by atoms with van der Waals surface area (Å²) in [6, 6.07) is 9.22. The molecule has 4 nitrogen and oxygen atoms in total. The van der Waals surface area contributed by atoms with Crippen molar-refractivity contribution in [2.24, 2.45) is 0 Å². The molecule has 1 heterocycles. The smallest absolute Gasteiger partial charge is 0.283 e. The summed E-state index contributed by atoms with van der Waals surface area (Å²) in [5.41, 5.74) is 0.786. The number of nitrogens with zero attached hydrogens (tertiary/aromatic N) is 1. The van der Waals surface area contributed by atoms with Gasteiger partial charge in [-0.05, 0) is 17.4 Å². The molecule has 0 unspecified atom stereocenters. The van der Waals surface area contributed by atoms with Gasteiger partial charge in [-0.3, -0.25) is 4.52 Å². The summed E-state index contributed by atoms with van der Waals surface area (Å²) in [4.78, 5) is 11.2. The maximum atomic E-state index is 11.2. The number of nitrogens with one attached hydrogen (secondary N) is 1. The zero-order chi connectivity index (χ0) is 9.26. The fourth-order valence-electron chi connectivity index (χ4n) is 1.17. The number of rotatable bonds is 1. The molecule has 66 valence electrons. The maximum Gasteiger partial charge on any atom is 0.435 e. The van der Waals surface area contributed by atoms with Gasteiger partial charge in [-0.2, -0.15) is 0 Å². The van der Waals surface area contributed by atoms with E-state index in [9.17, 15) is 4.79 Å². The molecule has 1 aromatic carbocycles. The van der Waals surface area contributed by atoms with Crippen molar-refractivity contribution < 1.29 is 9.20 Å². The Morgan fingerprint density at radius 3 is 2.43 bits per heavy atom. The van der Waals surface area contributed by atoms with Gasteiger partial charge in [0.05, 0.1) is 5.56 Å². The van der Waals surface area contributed by atoms with Crippen molar-refractivity contribution in [3.8, 4) is 11.3 Å².